The zero-order valence-electron chi connectivity index (χ0n) is 56.6. The highest BCUT2D eigenvalue weighted by Crippen LogP contribution is 2.47. The third-order valence-corrected chi connectivity index (χ3v) is 20.3. The largest absolute Gasteiger partial charge is 0.493 e. The standard InChI is InChI=1S/C26H35N3O4.C25H33N3O4.C20H22F4N4O2/c1-6-21(30)20-8-10-24-26(27(4)15-16-29(20)24)11-13-28(14-12-26)25(31)19-7-9-22(33-18(2)3)23(17-19)32-5;1-5-16-32-22-17-19(6-8-21(22)31-4)24(30)27-12-10-25(11-13-27)23-9-7-20(18(2)29)28(23)15-14-26(25)3;1-26-9-10-28-15(3-4-16(28)20(22,23)24)19(26)5-7-27(8-6-19)18(29)14-11-13(21)12-25-17(14)30-2/h7-10,17-18H,6,11-16H2,1-5H3;6-9,17H,5,10-16H2,1-4H3;3-4,11-12H,5-10H2,1-2H3. The van der Waals surface area contributed by atoms with E-state index in [0.717, 1.165) is 88.0 Å². The number of amides is 3. The monoisotopic (exact) mass is 1320 g/mol. The molecular weight excluding hydrogens is 1230 g/mol. The third kappa shape index (κ3) is 13.6. The van der Waals surface area contributed by atoms with Gasteiger partial charge in [-0.05, 0) is 159 Å². The van der Waals surface area contributed by atoms with Crippen LogP contribution in [0.3, 0.4) is 0 Å². The fourth-order valence-electron chi connectivity index (χ4n) is 15.0. The lowest BCUT2D eigenvalue weighted by Crippen LogP contribution is -2.56. The van der Waals surface area contributed by atoms with E-state index in [4.69, 9.17) is 23.7 Å². The average Bonchev–Trinajstić information content (AvgIpc) is 1.70. The Morgan fingerprint density at radius 2 is 0.989 bits per heavy atom. The molecule has 0 radical (unpaired) electrons. The number of fused-ring (bicyclic) bond motifs is 6. The number of nitrogens with zero attached hydrogens (tertiary/aromatic N) is 10. The van der Waals surface area contributed by atoms with Crippen molar-refractivity contribution in [3.05, 3.63) is 142 Å². The summed E-state index contributed by atoms with van der Waals surface area (Å²) in [4.78, 5) is 80.1. The van der Waals surface area contributed by atoms with Gasteiger partial charge in [0, 0.05) is 120 Å². The van der Waals surface area contributed by atoms with Crippen molar-refractivity contribution in [2.75, 3.05) is 108 Å². The van der Waals surface area contributed by atoms with Gasteiger partial charge < -0.3 is 52.1 Å². The van der Waals surface area contributed by atoms with Gasteiger partial charge in [0.1, 0.15) is 17.1 Å². The number of methoxy groups -OCH3 is 3. The van der Waals surface area contributed by atoms with Gasteiger partial charge in [0.2, 0.25) is 5.88 Å². The Kier molecular flexibility index (Phi) is 21.0. The van der Waals surface area contributed by atoms with E-state index in [-0.39, 0.29) is 58.6 Å². The smallest absolute Gasteiger partial charge is 0.431 e. The van der Waals surface area contributed by atoms with Crippen molar-refractivity contribution in [1.29, 1.82) is 0 Å². The molecule has 3 spiro atoms. The first-order chi connectivity index (χ1) is 45.4. The summed E-state index contributed by atoms with van der Waals surface area (Å²) in [6.07, 6.45) is 2.29. The molecule has 12 rings (SSSR count). The van der Waals surface area contributed by atoms with Gasteiger partial charge in [-0.1, -0.05) is 13.8 Å². The number of rotatable bonds is 14. The maximum atomic E-state index is 13.6. The van der Waals surface area contributed by atoms with Crippen LogP contribution in [-0.2, 0) is 42.4 Å². The Balaban J connectivity index is 0.000000155. The van der Waals surface area contributed by atoms with Crippen LogP contribution in [0.1, 0.15) is 161 Å². The van der Waals surface area contributed by atoms with Crippen molar-refractivity contribution in [3.8, 4) is 28.9 Å². The molecule has 2 aromatic carbocycles. The molecule has 0 bridgehead atoms. The molecule has 4 aromatic heterocycles. The minimum absolute atomic E-state index is 0.00921. The number of carbonyl (C=O) groups is 5. The number of likely N-dealkylation sites (tertiary alicyclic amines) is 3. The van der Waals surface area contributed by atoms with E-state index in [1.54, 1.807) is 56.4 Å². The minimum atomic E-state index is -4.41. The van der Waals surface area contributed by atoms with E-state index in [2.05, 4.69) is 55.0 Å². The van der Waals surface area contributed by atoms with Crippen LogP contribution in [-0.4, -0.2) is 191 Å². The molecule has 6 aliphatic rings. The van der Waals surface area contributed by atoms with E-state index >= 15 is 0 Å². The van der Waals surface area contributed by atoms with Gasteiger partial charge in [0.25, 0.3) is 17.7 Å². The normalized spacial score (nSPS) is 18.2. The zero-order valence-corrected chi connectivity index (χ0v) is 56.6. The Morgan fingerprint density at radius 3 is 1.45 bits per heavy atom. The number of pyridine rings is 1. The number of likely N-dealkylation sites (N-methyl/N-ethyl adjacent to an activating group) is 3. The predicted octanol–water partition coefficient (Wildman–Crippen LogP) is 10.6. The van der Waals surface area contributed by atoms with Crippen LogP contribution in [0.5, 0.6) is 28.9 Å². The molecule has 20 nitrogen and oxygen atoms in total. The first-order valence-corrected chi connectivity index (χ1v) is 33.0. The number of benzene rings is 2. The summed E-state index contributed by atoms with van der Waals surface area (Å²) < 4.78 is 87.0. The molecule has 3 saturated heterocycles. The molecule has 95 heavy (non-hydrogen) atoms. The lowest BCUT2D eigenvalue weighted by atomic mass is 9.81. The summed E-state index contributed by atoms with van der Waals surface area (Å²) >= 11 is 0. The Morgan fingerprint density at radius 1 is 0.537 bits per heavy atom. The molecule has 6 aromatic rings. The van der Waals surface area contributed by atoms with Crippen molar-refractivity contribution in [2.24, 2.45) is 0 Å². The summed E-state index contributed by atoms with van der Waals surface area (Å²) in [7, 11) is 10.8. The second-order valence-corrected chi connectivity index (χ2v) is 25.8. The third-order valence-electron chi connectivity index (χ3n) is 20.3. The lowest BCUT2D eigenvalue weighted by molar-refractivity contribution is -0.144. The van der Waals surface area contributed by atoms with Gasteiger partial charge in [0.15, 0.2) is 34.6 Å². The Bertz CT molecular complexity index is 3780. The molecule has 0 saturated carbocycles. The molecule has 6 aliphatic heterocycles. The summed E-state index contributed by atoms with van der Waals surface area (Å²) in [6.45, 7) is 17.6. The van der Waals surface area contributed by atoms with Gasteiger partial charge in [-0.25, -0.2) is 9.37 Å². The highest BCUT2D eigenvalue weighted by molar-refractivity contribution is 5.97. The predicted molar refractivity (Wildman–Crippen MR) is 350 cm³/mol. The average molecular weight is 1320 g/mol. The number of alkyl halides is 3. The van der Waals surface area contributed by atoms with E-state index in [9.17, 15) is 41.5 Å². The number of aromatic nitrogens is 4. The fourth-order valence-corrected chi connectivity index (χ4v) is 15.0. The quantitative estimate of drug-likeness (QED) is 0.0743. The number of ether oxygens (including phenoxy) is 5. The number of piperidine rings is 3. The summed E-state index contributed by atoms with van der Waals surface area (Å²) in [5, 5.41) is 0. The van der Waals surface area contributed by atoms with Crippen molar-refractivity contribution in [2.45, 2.75) is 135 Å². The molecule has 3 fully saturated rings. The summed E-state index contributed by atoms with van der Waals surface area (Å²) in [5.41, 5.74) is 4.38. The van der Waals surface area contributed by atoms with E-state index in [1.807, 2.05) is 68.8 Å². The summed E-state index contributed by atoms with van der Waals surface area (Å²) in [6, 6.07) is 22.7. The van der Waals surface area contributed by atoms with Crippen molar-refractivity contribution >= 4 is 29.3 Å². The first-order valence-electron chi connectivity index (χ1n) is 33.0. The Hall–Kier alpha value is -8.22. The fraction of sp³-hybridized carbons (Fsp3) is 0.521. The zero-order chi connectivity index (χ0) is 68.3. The van der Waals surface area contributed by atoms with Crippen LogP contribution in [0.2, 0.25) is 0 Å². The van der Waals surface area contributed by atoms with Crippen molar-refractivity contribution in [3.63, 3.8) is 0 Å². The lowest BCUT2D eigenvalue weighted by Gasteiger charge is -2.50. The van der Waals surface area contributed by atoms with Gasteiger partial charge in [-0.3, -0.25) is 38.7 Å². The Labute approximate surface area is 553 Å². The van der Waals surface area contributed by atoms with Crippen LogP contribution in [0, 0.1) is 5.82 Å². The van der Waals surface area contributed by atoms with Crippen molar-refractivity contribution < 1.29 is 65.2 Å². The molecule has 0 aliphatic carbocycles. The van der Waals surface area contributed by atoms with Crippen LogP contribution < -0.4 is 23.7 Å². The number of hydrogen-bond acceptors (Lipinski definition) is 14. The molecule has 512 valence electrons. The molecule has 24 heteroatoms. The van der Waals surface area contributed by atoms with Gasteiger partial charge in [0.05, 0.1) is 68.2 Å². The topological polar surface area (TPSA) is 179 Å². The van der Waals surface area contributed by atoms with Crippen molar-refractivity contribution in [1.82, 2.24) is 48.1 Å². The molecule has 0 atom stereocenters. The van der Waals surface area contributed by atoms with Gasteiger partial charge >= 0.3 is 6.18 Å². The van der Waals surface area contributed by atoms with Crippen LogP contribution in [0.25, 0.3) is 0 Å². The second kappa shape index (κ2) is 28.6. The number of Topliss-reactive ketones (excluding diaryl/α,β-unsaturated/α-hetero) is 2. The van der Waals surface area contributed by atoms with Crippen LogP contribution in [0.4, 0.5) is 17.6 Å². The van der Waals surface area contributed by atoms with Crippen LogP contribution >= 0.6 is 0 Å². The minimum Gasteiger partial charge on any atom is -0.493 e. The number of hydrogen-bond donors (Lipinski definition) is 0. The molecule has 0 N–H and O–H groups in total. The molecule has 10 heterocycles. The highest BCUT2D eigenvalue weighted by atomic mass is 19.4. The molecular formula is C71H90F4N10O10. The second-order valence-electron chi connectivity index (χ2n) is 25.8. The number of halogens is 4. The van der Waals surface area contributed by atoms with E-state index in [1.165, 1.54) is 23.1 Å². The molecule has 0 unspecified atom stereocenters. The highest BCUT2D eigenvalue weighted by Gasteiger charge is 2.50. The van der Waals surface area contributed by atoms with E-state index < -0.39 is 29.1 Å². The van der Waals surface area contributed by atoms with Gasteiger partial charge in [-0.2, -0.15) is 13.2 Å². The maximum absolute atomic E-state index is 13.6. The van der Waals surface area contributed by atoms with Gasteiger partial charge in [-0.15, -0.1) is 0 Å². The SMILES string of the molecule is CCC(=O)c1ccc2n1CCN(C)C21CCN(C(=O)c2ccc(OC(C)C)c(OC)c2)CC1.CCCOc1cc(C(=O)N2CCC3(CC2)c2ccc(C(C)=O)n2CCN3C)ccc1OC.COc1ncc(F)cc1C(=O)N1CCC2(CC1)c1ccc(C(F)(F)F)n1CCN2C. The maximum Gasteiger partial charge on any atom is 0.431 e. The number of carbonyl (C=O) groups excluding carboxylic acids is 5. The first kappa shape index (κ1) is 69.6. The van der Waals surface area contributed by atoms with Crippen LogP contribution in [0.15, 0.2) is 85.1 Å². The molecule has 3 amide bonds. The number of ketones is 2. The summed E-state index contributed by atoms with van der Waals surface area (Å²) in [5.74, 6) is 1.77. The van der Waals surface area contributed by atoms with E-state index in [0.29, 0.717) is 112 Å².